The number of nitrogens with one attached hydrogen (secondary N) is 1. The summed E-state index contributed by atoms with van der Waals surface area (Å²) < 4.78 is 22.2. The normalized spacial score (nSPS) is 11.3. The molecule has 0 amide bonds. The molecule has 2 aliphatic heterocycles. The lowest BCUT2D eigenvalue weighted by molar-refractivity contribution is 0.290. The van der Waals surface area contributed by atoms with Crippen LogP contribution in [0.15, 0.2) is 89.9 Å². The Bertz CT molecular complexity index is 1560. The average Bonchev–Trinajstić information content (AvgIpc) is 3.31. The van der Waals surface area contributed by atoms with Crippen LogP contribution in [0.25, 0.3) is 17.1 Å². The molecule has 0 saturated carbocycles. The molecule has 0 bridgehead atoms. The molecule has 5 rings (SSSR count). The Labute approximate surface area is 240 Å². The van der Waals surface area contributed by atoms with Crippen molar-refractivity contribution in [2.24, 2.45) is 5.73 Å². The summed E-state index contributed by atoms with van der Waals surface area (Å²) in [5.41, 5.74) is 10.1. The first-order valence-corrected chi connectivity index (χ1v) is 14.5. The maximum atomic E-state index is 14.9. The standard InChI is InChI=1S/C34H37FN4O2/c35-28-21-26(17-18-32(28)41-20-12-4-2-1-3-11-19-36)23-30-34(40)39-24-31(27-15-9-6-10-16-27)37-29(33(39)38-30)22-25-13-7-5-8-14-25/h5-10,13-18,21,24,37H,1-4,11-12,19-20,22-23,36H2. The van der Waals surface area contributed by atoms with Gasteiger partial charge in [-0.25, -0.2) is 9.37 Å². The molecule has 2 aliphatic rings. The van der Waals surface area contributed by atoms with E-state index in [0.29, 0.717) is 30.1 Å². The lowest BCUT2D eigenvalue weighted by Gasteiger charge is -2.13. The molecule has 0 radical (unpaired) electrons. The summed E-state index contributed by atoms with van der Waals surface area (Å²) in [7, 11) is 0. The van der Waals surface area contributed by atoms with Gasteiger partial charge in [0.05, 0.1) is 18.0 Å². The zero-order valence-electron chi connectivity index (χ0n) is 23.3. The fourth-order valence-corrected chi connectivity index (χ4v) is 5.08. The largest absolute Gasteiger partial charge is 0.491 e. The van der Waals surface area contributed by atoms with Gasteiger partial charge in [-0.1, -0.05) is 92.4 Å². The van der Waals surface area contributed by atoms with Gasteiger partial charge in [0.1, 0.15) is 5.69 Å². The smallest absolute Gasteiger partial charge is 0.278 e. The second-order valence-electron chi connectivity index (χ2n) is 10.4. The minimum absolute atomic E-state index is 0.201. The van der Waals surface area contributed by atoms with Crippen LogP contribution >= 0.6 is 0 Å². The summed E-state index contributed by atoms with van der Waals surface area (Å²) in [4.78, 5) is 21.8. The van der Waals surface area contributed by atoms with E-state index in [4.69, 9.17) is 15.5 Å². The van der Waals surface area contributed by atoms with E-state index in [9.17, 15) is 9.18 Å². The van der Waals surface area contributed by atoms with Crippen molar-refractivity contribution in [1.82, 2.24) is 14.5 Å². The summed E-state index contributed by atoms with van der Waals surface area (Å²) in [6.07, 6.45) is 9.10. The van der Waals surface area contributed by atoms with Crippen molar-refractivity contribution in [3.8, 4) is 22.8 Å². The number of hydrogen-bond acceptors (Lipinski definition) is 4. The second kappa shape index (κ2) is 13.9. The number of unbranched alkanes of at least 4 members (excludes halogenated alkanes) is 5. The van der Waals surface area contributed by atoms with Crippen LogP contribution in [0.1, 0.15) is 61.0 Å². The minimum Gasteiger partial charge on any atom is -0.491 e. The van der Waals surface area contributed by atoms with Crippen LogP contribution in [-0.2, 0) is 12.8 Å². The third-order valence-corrected chi connectivity index (χ3v) is 7.28. The molecule has 212 valence electrons. The van der Waals surface area contributed by atoms with Gasteiger partial charge in [-0.05, 0) is 48.2 Å². The van der Waals surface area contributed by atoms with Crippen molar-refractivity contribution < 1.29 is 9.13 Å². The van der Waals surface area contributed by atoms with Crippen LogP contribution in [0.2, 0.25) is 0 Å². The van der Waals surface area contributed by atoms with Crippen LogP contribution in [0, 0.1) is 5.82 Å². The van der Waals surface area contributed by atoms with Crippen molar-refractivity contribution in [3.63, 3.8) is 0 Å². The first-order valence-electron chi connectivity index (χ1n) is 14.5. The molecule has 0 spiro atoms. The van der Waals surface area contributed by atoms with Crippen LogP contribution in [0.4, 0.5) is 4.39 Å². The third-order valence-electron chi connectivity index (χ3n) is 7.28. The number of hydrogen-bond donors (Lipinski definition) is 2. The van der Waals surface area contributed by atoms with E-state index >= 15 is 0 Å². The highest BCUT2D eigenvalue weighted by molar-refractivity contribution is 5.60. The van der Waals surface area contributed by atoms with E-state index in [1.807, 2.05) is 48.5 Å². The van der Waals surface area contributed by atoms with E-state index in [1.54, 1.807) is 22.9 Å². The van der Waals surface area contributed by atoms with Gasteiger partial charge in [-0.15, -0.1) is 0 Å². The number of imidazole rings is 1. The summed E-state index contributed by atoms with van der Waals surface area (Å²) in [5, 5.41) is 0. The summed E-state index contributed by atoms with van der Waals surface area (Å²) in [6, 6.07) is 24.9. The quantitative estimate of drug-likeness (QED) is 0.151. The lowest BCUT2D eigenvalue weighted by atomic mass is 10.1. The van der Waals surface area contributed by atoms with E-state index < -0.39 is 5.82 Å². The zero-order valence-corrected chi connectivity index (χ0v) is 23.3. The van der Waals surface area contributed by atoms with Gasteiger partial charge in [0.25, 0.3) is 5.56 Å². The molecular formula is C34H37FN4O2. The van der Waals surface area contributed by atoms with Gasteiger partial charge in [-0.3, -0.25) is 9.36 Å². The summed E-state index contributed by atoms with van der Waals surface area (Å²) in [5.74, 6) is 0.393. The second-order valence-corrected chi connectivity index (χ2v) is 10.4. The maximum Gasteiger partial charge on any atom is 0.278 e. The van der Waals surface area contributed by atoms with Gasteiger partial charge >= 0.3 is 0 Å². The van der Waals surface area contributed by atoms with Crippen molar-refractivity contribution in [1.29, 1.82) is 0 Å². The molecule has 41 heavy (non-hydrogen) atoms. The first kappa shape index (κ1) is 28.3. The van der Waals surface area contributed by atoms with E-state index in [2.05, 4.69) is 17.1 Å². The Hall–Kier alpha value is -4.23. The predicted molar refractivity (Wildman–Crippen MR) is 162 cm³/mol. The van der Waals surface area contributed by atoms with E-state index in [1.165, 1.54) is 12.5 Å². The molecule has 3 aromatic rings. The highest BCUT2D eigenvalue weighted by Gasteiger charge is 2.21. The highest BCUT2D eigenvalue weighted by Crippen LogP contribution is 2.25. The molecule has 3 N–H and O–H groups in total. The van der Waals surface area contributed by atoms with Crippen LogP contribution < -0.4 is 16.0 Å². The lowest BCUT2D eigenvalue weighted by Crippen LogP contribution is -2.18. The molecule has 7 heteroatoms. The van der Waals surface area contributed by atoms with Crippen LogP contribution in [-0.4, -0.2) is 27.7 Å². The number of fused-ring (bicyclic) bond motifs is 1. The maximum absolute atomic E-state index is 14.9. The minimum atomic E-state index is -0.425. The monoisotopic (exact) mass is 552 g/mol. The van der Waals surface area contributed by atoms with Gasteiger partial charge in [-0.2, -0.15) is 0 Å². The number of ether oxygens (including phenoxy) is 1. The molecule has 0 saturated heterocycles. The molecule has 0 fully saturated rings. The Morgan fingerprint density at radius 2 is 1.54 bits per heavy atom. The zero-order chi connectivity index (χ0) is 28.4. The average molecular weight is 553 g/mol. The Kier molecular flexibility index (Phi) is 9.60. The van der Waals surface area contributed by atoms with Gasteiger partial charge in [0, 0.05) is 19.0 Å². The highest BCUT2D eigenvalue weighted by atomic mass is 19.1. The molecular weight excluding hydrogens is 515 g/mol. The predicted octanol–water partition coefficient (Wildman–Crippen LogP) is 6.66. The van der Waals surface area contributed by atoms with Crippen molar-refractivity contribution in [2.75, 3.05) is 13.2 Å². The molecule has 0 aliphatic carbocycles. The molecule has 0 aromatic heterocycles. The van der Waals surface area contributed by atoms with Gasteiger partial charge < -0.3 is 15.5 Å². The number of rotatable bonds is 14. The van der Waals surface area contributed by atoms with E-state index in [0.717, 1.165) is 61.2 Å². The topological polar surface area (TPSA) is 85.9 Å². The van der Waals surface area contributed by atoms with Crippen molar-refractivity contribution in [3.05, 3.63) is 124 Å². The SMILES string of the molecule is NCCCCCCCCOc1ccc(Cc2nc3c(Cc4ccccc4)[nH]c(-c4ccccc4)cn-3c2=O)cc1F. The van der Waals surface area contributed by atoms with Crippen molar-refractivity contribution in [2.45, 2.75) is 51.4 Å². The van der Waals surface area contributed by atoms with Gasteiger partial charge in [0.15, 0.2) is 17.4 Å². The summed E-state index contributed by atoms with van der Waals surface area (Å²) >= 11 is 0. The first-order chi connectivity index (χ1) is 20.1. The van der Waals surface area contributed by atoms with Crippen molar-refractivity contribution >= 4 is 0 Å². The third kappa shape index (κ3) is 7.30. The number of aromatic nitrogens is 3. The molecule has 3 aromatic carbocycles. The number of nitrogens with zero attached hydrogens (tertiary/aromatic N) is 2. The Morgan fingerprint density at radius 3 is 2.27 bits per heavy atom. The number of H-pyrrole nitrogens is 1. The van der Waals surface area contributed by atoms with E-state index in [-0.39, 0.29) is 17.7 Å². The Morgan fingerprint density at radius 1 is 0.829 bits per heavy atom. The molecule has 0 atom stereocenters. The fourth-order valence-electron chi connectivity index (χ4n) is 5.08. The number of aromatic amines is 1. The Balaban J connectivity index is 1.33. The number of nitrogens with two attached hydrogens (primary N) is 1. The summed E-state index contributed by atoms with van der Waals surface area (Å²) in [6.45, 7) is 1.23. The molecule has 6 nitrogen and oxygen atoms in total. The molecule has 0 unspecified atom stereocenters. The molecule has 2 heterocycles. The van der Waals surface area contributed by atoms with Crippen LogP contribution in [0.3, 0.4) is 0 Å². The fraction of sp³-hybridized carbons (Fsp3) is 0.294. The van der Waals surface area contributed by atoms with Crippen LogP contribution in [0.5, 0.6) is 5.75 Å². The number of benzene rings is 3. The van der Waals surface area contributed by atoms with Gasteiger partial charge in [0.2, 0.25) is 0 Å². The number of halogens is 1.